The molecule has 0 spiro atoms. The van der Waals surface area contributed by atoms with Crippen molar-refractivity contribution in [3.63, 3.8) is 0 Å². The molecule has 0 aliphatic rings. The van der Waals surface area contributed by atoms with E-state index in [9.17, 15) is 53.4 Å². The number of carbonyl (C=O) groups is 9. The van der Waals surface area contributed by atoms with Crippen LogP contribution in [-0.2, 0) is 56.0 Å². The van der Waals surface area contributed by atoms with Gasteiger partial charge in [0.1, 0.15) is 54.1 Å². The molecule has 25 N–H and O–H groups in total. The van der Waals surface area contributed by atoms with Crippen molar-refractivity contribution in [1.29, 1.82) is 0 Å². The Morgan fingerprint density at radius 1 is 0.512 bits per heavy atom. The summed E-state index contributed by atoms with van der Waals surface area (Å²) < 4.78 is 0. The highest BCUT2D eigenvalue weighted by molar-refractivity contribution is 5.98. The minimum atomic E-state index is -1.54. The van der Waals surface area contributed by atoms with E-state index in [-0.39, 0.29) is 125 Å². The summed E-state index contributed by atoms with van der Waals surface area (Å²) in [4.78, 5) is 144. The third-order valence-electron chi connectivity index (χ3n) is 13.6. The number of phenols is 1. The van der Waals surface area contributed by atoms with Crippen molar-refractivity contribution in [2.45, 2.75) is 167 Å². The summed E-state index contributed by atoms with van der Waals surface area (Å²) in [5.41, 5.74) is 40.1. The van der Waals surface area contributed by atoms with Crippen molar-refractivity contribution in [2.24, 2.45) is 78.8 Å². The Balaban J connectivity index is 2.56. The first-order valence-corrected chi connectivity index (χ1v) is 28.8. The number of hydrogen-bond donors (Lipinski definition) is 18. The number of aromatic nitrogens is 2. The monoisotopic (exact) mass is 1210 g/mol. The van der Waals surface area contributed by atoms with Crippen LogP contribution in [-0.4, -0.2) is 166 Å². The Kier molecular flexibility index (Phi) is 32.6. The lowest BCUT2D eigenvalue weighted by atomic mass is 9.98. The maximum atomic E-state index is 14.6. The zero-order valence-electron chi connectivity index (χ0n) is 50.4. The average molecular weight is 1210 g/mol. The second kappa shape index (κ2) is 38.2. The number of primary amides is 1. The van der Waals surface area contributed by atoms with Crippen molar-refractivity contribution in [1.82, 2.24) is 52.5 Å². The van der Waals surface area contributed by atoms with Crippen LogP contribution >= 0.6 is 0 Å². The van der Waals surface area contributed by atoms with Crippen LogP contribution in [0.15, 0.2) is 51.8 Å². The number of imidazole rings is 1. The van der Waals surface area contributed by atoms with E-state index in [1.807, 2.05) is 0 Å². The summed E-state index contributed by atoms with van der Waals surface area (Å²) in [6.45, 7) is 11.5. The molecule has 1 aromatic carbocycles. The number of rotatable bonds is 40. The molecular formula is C55H94N20O11. The summed E-state index contributed by atoms with van der Waals surface area (Å²) >= 11 is 0. The number of aromatic hydroxyl groups is 1. The van der Waals surface area contributed by atoms with Crippen LogP contribution in [0.3, 0.4) is 0 Å². The van der Waals surface area contributed by atoms with Gasteiger partial charge in [0.25, 0.3) is 0 Å². The van der Waals surface area contributed by atoms with Gasteiger partial charge in [-0.25, -0.2) is 4.98 Å². The minimum absolute atomic E-state index is 0.00872. The number of nitrogens with one attached hydrogen (secondary N) is 9. The smallest absolute Gasteiger partial charge is 0.245 e. The SMILES string of the molecule is CC[C@H](C)[C@H](NC(=O)[C@H](CO)NC(=O)[C@H](CC(C)C)NC(=O)[C@H](CC(C)C)NC(=O)[C@H](CCCN=C(N)N)NC(=O)[C@H](CCCN=C(N)N)NC(=O)[C@H](Cc1cnc[nH]1)NC(=O)[C@H](CCCN=C(N)N)NC(=O)[C@@H](C)Cc1ccc(O)cc1)C(N)=O. The molecule has 10 atom stereocenters. The van der Waals surface area contributed by atoms with Crippen molar-refractivity contribution in [3.8, 4) is 5.75 Å². The number of phenolic OH excluding ortho intramolecular Hbond substituents is 1. The van der Waals surface area contributed by atoms with Crippen molar-refractivity contribution in [3.05, 3.63) is 48.0 Å². The first-order valence-electron chi connectivity index (χ1n) is 28.8. The number of aliphatic hydroxyl groups is 1. The second-order valence-electron chi connectivity index (χ2n) is 22.0. The highest BCUT2D eigenvalue weighted by Gasteiger charge is 2.36. The molecule has 86 heavy (non-hydrogen) atoms. The van der Waals surface area contributed by atoms with E-state index in [2.05, 4.69) is 67.5 Å². The fourth-order valence-electron chi connectivity index (χ4n) is 8.75. The minimum Gasteiger partial charge on any atom is -0.508 e. The number of nitrogens with zero attached hydrogens (tertiary/aromatic N) is 4. The van der Waals surface area contributed by atoms with Crippen LogP contribution in [0.4, 0.5) is 0 Å². The van der Waals surface area contributed by atoms with Crippen LogP contribution in [0.5, 0.6) is 5.75 Å². The third kappa shape index (κ3) is 28.2. The van der Waals surface area contributed by atoms with E-state index in [0.29, 0.717) is 12.1 Å². The number of guanidine groups is 3. The Labute approximate surface area is 501 Å². The highest BCUT2D eigenvalue weighted by atomic mass is 16.3. The predicted molar refractivity (Wildman–Crippen MR) is 323 cm³/mol. The number of aliphatic imine (C=N–C) groups is 3. The van der Waals surface area contributed by atoms with Crippen LogP contribution < -0.4 is 82.7 Å². The van der Waals surface area contributed by atoms with Gasteiger partial charge in [-0.1, -0.05) is 67.0 Å². The molecule has 1 heterocycles. The summed E-state index contributed by atoms with van der Waals surface area (Å²) in [7, 11) is 0. The molecule has 31 nitrogen and oxygen atoms in total. The van der Waals surface area contributed by atoms with E-state index in [1.165, 1.54) is 24.7 Å². The molecule has 9 amide bonds. The molecule has 0 fully saturated rings. The number of aromatic amines is 1. The summed E-state index contributed by atoms with van der Waals surface area (Å²) in [5.74, 6) is -9.29. The molecule has 2 aromatic rings. The summed E-state index contributed by atoms with van der Waals surface area (Å²) in [5, 5.41) is 41.2. The van der Waals surface area contributed by atoms with Crippen LogP contribution in [0.25, 0.3) is 0 Å². The Morgan fingerprint density at radius 2 is 0.884 bits per heavy atom. The molecule has 1 aromatic heterocycles. The number of aliphatic hydroxyl groups excluding tert-OH is 1. The van der Waals surface area contributed by atoms with Gasteiger partial charge in [-0.05, 0) is 93.2 Å². The summed E-state index contributed by atoms with van der Waals surface area (Å²) in [6, 6.07) is -4.46. The Hall–Kier alpha value is -8.77. The molecule has 0 saturated carbocycles. The van der Waals surface area contributed by atoms with E-state index >= 15 is 0 Å². The number of benzene rings is 1. The van der Waals surface area contributed by atoms with E-state index < -0.39 is 114 Å². The fraction of sp³-hybridized carbons (Fsp3) is 0.618. The highest BCUT2D eigenvalue weighted by Crippen LogP contribution is 2.16. The van der Waals surface area contributed by atoms with E-state index in [0.717, 1.165) is 5.56 Å². The van der Waals surface area contributed by atoms with Gasteiger partial charge in [0.15, 0.2) is 17.9 Å². The largest absolute Gasteiger partial charge is 0.508 e. The van der Waals surface area contributed by atoms with Gasteiger partial charge < -0.3 is 97.9 Å². The Morgan fingerprint density at radius 3 is 1.26 bits per heavy atom. The molecule has 0 unspecified atom stereocenters. The maximum Gasteiger partial charge on any atom is 0.245 e. The van der Waals surface area contributed by atoms with Crippen molar-refractivity contribution in [2.75, 3.05) is 26.2 Å². The predicted octanol–water partition coefficient (Wildman–Crippen LogP) is -3.81. The molecule has 0 aliphatic heterocycles. The topological polar surface area (TPSA) is 538 Å². The number of H-pyrrole nitrogens is 1. The van der Waals surface area contributed by atoms with Crippen LogP contribution in [0, 0.1) is 23.7 Å². The molecule has 480 valence electrons. The number of amides is 9. The second-order valence-corrected chi connectivity index (χ2v) is 22.0. The molecule has 2 rings (SSSR count). The molecule has 0 radical (unpaired) electrons. The lowest BCUT2D eigenvalue weighted by molar-refractivity contribution is -0.136. The zero-order chi connectivity index (χ0) is 64.6. The normalized spacial score (nSPS) is 14.6. The third-order valence-corrected chi connectivity index (χ3v) is 13.6. The molecule has 31 heteroatoms. The van der Waals surface area contributed by atoms with Crippen molar-refractivity contribution >= 4 is 71.0 Å². The molecule has 0 bridgehead atoms. The van der Waals surface area contributed by atoms with Crippen LogP contribution in [0.1, 0.15) is 118 Å². The lowest BCUT2D eigenvalue weighted by Gasteiger charge is -2.29. The molecular weight excluding hydrogens is 1120 g/mol. The van der Waals surface area contributed by atoms with Gasteiger partial charge >= 0.3 is 0 Å². The number of carbonyl (C=O) groups excluding carboxylic acids is 9. The zero-order valence-corrected chi connectivity index (χ0v) is 50.4. The van der Waals surface area contributed by atoms with Gasteiger partial charge in [-0.15, -0.1) is 0 Å². The first-order chi connectivity index (χ1) is 40.5. The lowest BCUT2D eigenvalue weighted by Crippen LogP contribution is -2.61. The number of hydrogen-bond acceptors (Lipinski definition) is 15. The Bertz CT molecular complexity index is 2590. The van der Waals surface area contributed by atoms with Gasteiger partial charge in [0.2, 0.25) is 53.2 Å². The van der Waals surface area contributed by atoms with Crippen LogP contribution in [0.2, 0.25) is 0 Å². The first kappa shape index (κ1) is 73.3. The maximum absolute atomic E-state index is 14.6. The standard InChI is InChI=1S/C55H94N20O11/c1-8-31(6)43(44(56)78)75-52(86)42(27-76)74-50(84)40(23-30(4)5)72-49(83)39(22-29(2)3)71-48(82)38(14-11-21-66-55(61)62)69-46(80)37(13-10-20-65-54(59)60)70-51(85)41(25-34-26-63-28-67-34)73-47(81)36(12-9-19-64-53(57)58)68-45(79)32(7)24-33-15-17-35(77)18-16-33/h15-18,26,28-32,36-43,76-77H,8-14,19-25,27H2,1-7H3,(H2,56,78)(H,63,67)(H,68,79)(H,69,80)(H,70,85)(H,71,82)(H,72,83)(H,73,81)(H,74,84)(H,75,86)(H4,57,58,64)(H4,59,60,65)(H4,61,62,66)/t31-,32-,36-,37-,38-,39-,40-,41-,42-,43-/m0/s1. The van der Waals surface area contributed by atoms with Crippen molar-refractivity contribution < 1.29 is 53.4 Å². The summed E-state index contributed by atoms with van der Waals surface area (Å²) in [6.07, 6.45) is 3.66. The number of nitrogens with two attached hydrogens (primary N) is 7. The van der Waals surface area contributed by atoms with E-state index in [1.54, 1.807) is 60.6 Å². The fourth-order valence-corrected chi connectivity index (χ4v) is 8.75. The average Bonchev–Trinajstić information content (AvgIpc) is 3.81. The van der Waals surface area contributed by atoms with Gasteiger partial charge in [-0.2, -0.15) is 0 Å². The van der Waals surface area contributed by atoms with Gasteiger partial charge in [0.05, 0.1) is 12.9 Å². The van der Waals surface area contributed by atoms with Gasteiger partial charge in [0, 0.05) is 43.9 Å². The van der Waals surface area contributed by atoms with E-state index in [4.69, 9.17) is 40.1 Å². The van der Waals surface area contributed by atoms with Gasteiger partial charge in [-0.3, -0.25) is 58.1 Å². The molecule has 0 saturated heterocycles. The quantitative estimate of drug-likeness (QED) is 0.0173. The molecule has 0 aliphatic carbocycles.